The zero-order valence-electron chi connectivity index (χ0n) is 17.7. The second-order valence-corrected chi connectivity index (χ2v) is 9.94. The van der Waals surface area contributed by atoms with E-state index in [1.165, 1.54) is 10.6 Å². The van der Waals surface area contributed by atoms with Crippen LogP contribution in [0.15, 0.2) is 42.6 Å². The predicted molar refractivity (Wildman–Crippen MR) is 116 cm³/mol. The van der Waals surface area contributed by atoms with Crippen LogP contribution < -0.4 is 14.4 Å². The van der Waals surface area contributed by atoms with E-state index >= 15 is 0 Å². The smallest absolute Gasteiger partial charge is 0.387 e. The van der Waals surface area contributed by atoms with Crippen LogP contribution in [0.4, 0.5) is 14.6 Å². The lowest BCUT2D eigenvalue weighted by atomic mass is 10.1. The van der Waals surface area contributed by atoms with Gasteiger partial charge in [-0.1, -0.05) is 12.1 Å². The van der Waals surface area contributed by atoms with Crippen molar-refractivity contribution in [1.82, 2.24) is 14.2 Å². The molecule has 0 amide bonds. The Balaban J connectivity index is 1.20. The molecule has 0 atom stereocenters. The standard InChI is InChI=1S/C21H26F2N4O4S/c1-32(28,29)27-10-8-26(9-11-27)20-7-6-18(12-24-20)30-19-14-25(15-19)13-16-2-4-17(5-3-16)31-21(22)23/h2-7,12,19,21H,8-11,13-15H2,1H3. The molecule has 0 saturated carbocycles. The van der Waals surface area contributed by atoms with Gasteiger partial charge < -0.3 is 14.4 Å². The number of anilines is 1. The Kier molecular flexibility index (Phi) is 6.77. The van der Waals surface area contributed by atoms with E-state index in [1.807, 2.05) is 12.1 Å². The first-order chi connectivity index (χ1) is 15.3. The van der Waals surface area contributed by atoms with Crippen LogP contribution in [0.2, 0.25) is 0 Å². The molecule has 2 fully saturated rings. The van der Waals surface area contributed by atoms with E-state index in [4.69, 9.17) is 4.74 Å². The van der Waals surface area contributed by atoms with E-state index in [2.05, 4.69) is 19.5 Å². The molecule has 1 aromatic carbocycles. The molecule has 0 unspecified atom stereocenters. The van der Waals surface area contributed by atoms with Crippen LogP contribution in [0.5, 0.6) is 11.5 Å². The number of pyridine rings is 1. The molecule has 2 aromatic rings. The normalized spacial score (nSPS) is 18.6. The summed E-state index contributed by atoms with van der Waals surface area (Å²) in [6, 6.07) is 10.4. The van der Waals surface area contributed by atoms with Gasteiger partial charge in [0.1, 0.15) is 23.4 Å². The molecule has 3 heterocycles. The number of halogens is 2. The molecule has 11 heteroatoms. The molecule has 0 aliphatic carbocycles. The molecule has 0 bridgehead atoms. The SMILES string of the molecule is CS(=O)(=O)N1CCN(c2ccc(OC3CN(Cc4ccc(OC(F)F)cc4)C3)cn2)CC1. The van der Waals surface area contributed by atoms with Gasteiger partial charge in [0.25, 0.3) is 0 Å². The summed E-state index contributed by atoms with van der Waals surface area (Å²) < 4.78 is 59.5. The minimum atomic E-state index is -3.15. The monoisotopic (exact) mass is 468 g/mol. The van der Waals surface area contributed by atoms with Crippen LogP contribution in [-0.2, 0) is 16.6 Å². The number of benzene rings is 1. The van der Waals surface area contributed by atoms with Crippen molar-refractivity contribution in [3.63, 3.8) is 0 Å². The molecule has 4 rings (SSSR count). The van der Waals surface area contributed by atoms with Gasteiger partial charge in [-0.2, -0.15) is 13.1 Å². The van der Waals surface area contributed by atoms with Crippen molar-refractivity contribution >= 4 is 15.8 Å². The minimum absolute atomic E-state index is 0.0717. The average Bonchev–Trinajstić information content (AvgIpc) is 2.73. The van der Waals surface area contributed by atoms with Crippen LogP contribution in [0.25, 0.3) is 0 Å². The van der Waals surface area contributed by atoms with Crippen molar-refractivity contribution < 1.29 is 26.7 Å². The third kappa shape index (κ3) is 5.84. The van der Waals surface area contributed by atoms with Crippen molar-refractivity contribution in [2.24, 2.45) is 0 Å². The van der Waals surface area contributed by atoms with E-state index in [1.54, 1.807) is 30.5 Å². The molecule has 2 saturated heterocycles. The molecule has 2 aliphatic rings. The van der Waals surface area contributed by atoms with Gasteiger partial charge in [-0.25, -0.2) is 13.4 Å². The number of alkyl halides is 2. The number of hydrogen-bond donors (Lipinski definition) is 0. The van der Waals surface area contributed by atoms with Gasteiger partial charge in [0, 0.05) is 45.8 Å². The summed E-state index contributed by atoms with van der Waals surface area (Å²) in [7, 11) is -3.15. The number of piperazine rings is 1. The van der Waals surface area contributed by atoms with E-state index in [0.717, 1.165) is 24.5 Å². The second-order valence-electron chi connectivity index (χ2n) is 7.96. The number of likely N-dealkylation sites (tertiary alicyclic amines) is 1. The summed E-state index contributed by atoms with van der Waals surface area (Å²) in [6.45, 7) is 1.56. The highest BCUT2D eigenvalue weighted by atomic mass is 32.2. The fourth-order valence-electron chi connectivity index (χ4n) is 3.83. The highest BCUT2D eigenvalue weighted by molar-refractivity contribution is 7.88. The maximum Gasteiger partial charge on any atom is 0.387 e. The van der Waals surface area contributed by atoms with Crippen LogP contribution in [0, 0.1) is 0 Å². The lowest BCUT2D eigenvalue weighted by Crippen LogP contribution is -2.53. The molecule has 0 N–H and O–H groups in total. The van der Waals surface area contributed by atoms with Crippen LogP contribution in [-0.4, -0.2) is 80.8 Å². The summed E-state index contributed by atoms with van der Waals surface area (Å²) in [5.74, 6) is 1.66. The van der Waals surface area contributed by atoms with E-state index in [9.17, 15) is 17.2 Å². The van der Waals surface area contributed by atoms with Gasteiger partial charge in [-0.3, -0.25) is 4.90 Å². The van der Waals surface area contributed by atoms with Crippen LogP contribution >= 0.6 is 0 Å². The Bertz CT molecular complexity index is 991. The quantitative estimate of drug-likeness (QED) is 0.587. The van der Waals surface area contributed by atoms with Gasteiger partial charge >= 0.3 is 6.61 Å². The largest absolute Gasteiger partial charge is 0.486 e. The first kappa shape index (κ1) is 22.7. The van der Waals surface area contributed by atoms with Gasteiger partial charge in [0.15, 0.2) is 0 Å². The zero-order valence-corrected chi connectivity index (χ0v) is 18.5. The highest BCUT2D eigenvalue weighted by Gasteiger charge is 2.29. The van der Waals surface area contributed by atoms with E-state index < -0.39 is 16.6 Å². The maximum atomic E-state index is 12.2. The summed E-state index contributed by atoms with van der Waals surface area (Å²) in [6.07, 6.45) is 3.00. The molecule has 1 aromatic heterocycles. The number of hydrogen-bond acceptors (Lipinski definition) is 7. The van der Waals surface area contributed by atoms with Gasteiger partial charge in [-0.15, -0.1) is 0 Å². The third-order valence-electron chi connectivity index (χ3n) is 5.53. The third-order valence-corrected chi connectivity index (χ3v) is 6.84. The molecule has 8 nitrogen and oxygen atoms in total. The van der Waals surface area contributed by atoms with E-state index in [0.29, 0.717) is 38.5 Å². The van der Waals surface area contributed by atoms with Gasteiger partial charge in [-0.05, 0) is 29.8 Å². The van der Waals surface area contributed by atoms with Gasteiger partial charge in [0.05, 0.1) is 12.5 Å². The lowest BCUT2D eigenvalue weighted by Gasteiger charge is -2.39. The molecular formula is C21H26F2N4O4S. The Morgan fingerprint density at radius 2 is 1.69 bits per heavy atom. The highest BCUT2D eigenvalue weighted by Crippen LogP contribution is 2.23. The van der Waals surface area contributed by atoms with E-state index in [-0.39, 0.29) is 11.9 Å². The van der Waals surface area contributed by atoms with Crippen molar-refractivity contribution in [1.29, 1.82) is 0 Å². The van der Waals surface area contributed by atoms with Crippen molar-refractivity contribution in [2.45, 2.75) is 19.3 Å². The fraction of sp³-hybridized carbons (Fsp3) is 0.476. The van der Waals surface area contributed by atoms with Crippen LogP contribution in [0.3, 0.4) is 0 Å². The Morgan fingerprint density at radius 3 is 2.25 bits per heavy atom. The van der Waals surface area contributed by atoms with Crippen molar-refractivity contribution in [3.8, 4) is 11.5 Å². The summed E-state index contributed by atoms with van der Waals surface area (Å²) in [4.78, 5) is 8.74. The van der Waals surface area contributed by atoms with Crippen LogP contribution in [0.1, 0.15) is 5.56 Å². The topological polar surface area (TPSA) is 75.2 Å². The fourth-order valence-corrected chi connectivity index (χ4v) is 4.66. The Morgan fingerprint density at radius 1 is 1.03 bits per heavy atom. The number of nitrogens with zero attached hydrogens (tertiary/aromatic N) is 4. The summed E-state index contributed by atoms with van der Waals surface area (Å²) in [5, 5.41) is 0. The van der Waals surface area contributed by atoms with Gasteiger partial charge in [0.2, 0.25) is 10.0 Å². The minimum Gasteiger partial charge on any atom is -0.486 e. The van der Waals surface area contributed by atoms with Crippen molar-refractivity contribution in [2.75, 3.05) is 50.4 Å². The number of aromatic nitrogens is 1. The number of rotatable bonds is 8. The lowest BCUT2D eigenvalue weighted by molar-refractivity contribution is -0.0498. The molecule has 0 spiro atoms. The second kappa shape index (κ2) is 9.55. The summed E-state index contributed by atoms with van der Waals surface area (Å²) in [5.41, 5.74) is 1.02. The first-order valence-electron chi connectivity index (χ1n) is 10.4. The Hall–Kier alpha value is -2.50. The first-order valence-corrected chi connectivity index (χ1v) is 12.2. The van der Waals surface area contributed by atoms with Crippen molar-refractivity contribution in [3.05, 3.63) is 48.2 Å². The summed E-state index contributed by atoms with van der Waals surface area (Å²) >= 11 is 0. The molecule has 0 radical (unpaired) electrons. The average molecular weight is 469 g/mol. The molecule has 32 heavy (non-hydrogen) atoms. The predicted octanol–water partition coefficient (Wildman–Crippen LogP) is 2.03. The number of ether oxygens (including phenoxy) is 2. The Labute approximate surface area is 186 Å². The zero-order chi connectivity index (χ0) is 22.7. The molecule has 174 valence electrons. The molecule has 2 aliphatic heterocycles. The molecular weight excluding hydrogens is 442 g/mol. The number of sulfonamides is 1. The maximum absolute atomic E-state index is 12.2.